The van der Waals surface area contributed by atoms with E-state index in [9.17, 15) is 9.59 Å². The largest absolute Gasteiger partial charge is 0.394 e. The van der Waals surface area contributed by atoms with Crippen molar-refractivity contribution in [3.05, 3.63) is 12.3 Å². The van der Waals surface area contributed by atoms with Crippen LogP contribution in [0.3, 0.4) is 0 Å². The first-order chi connectivity index (χ1) is 8.17. The van der Waals surface area contributed by atoms with Gasteiger partial charge in [-0.25, -0.2) is 0 Å². The van der Waals surface area contributed by atoms with Gasteiger partial charge in [0.1, 0.15) is 6.23 Å². The third kappa shape index (κ3) is 4.54. The molecule has 0 spiro atoms. The number of hydrogen-bond donors (Lipinski definition) is 2. The first kappa shape index (κ1) is 13.7. The van der Waals surface area contributed by atoms with Gasteiger partial charge in [0.2, 0.25) is 6.41 Å². The Labute approximate surface area is 100 Å². The number of nitrogens with zero attached hydrogens (tertiary/aromatic N) is 1. The van der Waals surface area contributed by atoms with Crippen molar-refractivity contribution in [1.82, 2.24) is 10.2 Å². The predicted molar refractivity (Wildman–Crippen MR) is 60.7 cm³/mol. The molecule has 2 atom stereocenters. The highest BCUT2D eigenvalue weighted by molar-refractivity contribution is 5.94. The van der Waals surface area contributed by atoms with Crippen molar-refractivity contribution in [3.8, 4) is 0 Å². The zero-order valence-corrected chi connectivity index (χ0v) is 9.83. The number of carbonyl (C=O) groups is 2. The normalized spacial score (nSPS) is 24.6. The summed E-state index contributed by atoms with van der Waals surface area (Å²) < 4.78 is 5.61. The summed E-state index contributed by atoms with van der Waals surface area (Å²) in [7, 11) is 1.79. The van der Waals surface area contributed by atoms with Gasteiger partial charge >= 0.3 is 0 Å². The van der Waals surface area contributed by atoms with Crippen LogP contribution in [0, 0.1) is 0 Å². The molecule has 2 amide bonds. The molecule has 0 radical (unpaired) electrons. The molecule has 1 saturated heterocycles. The lowest BCUT2D eigenvalue weighted by molar-refractivity contribution is -0.123. The number of carbonyl (C=O) groups excluding carboxylic acids is 2. The molecule has 2 unspecified atom stereocenters. The van der Waals surface area contributed by atoms with Gasteiger partial charge in [0.05, 0.1) is 12.7 Å². The highest BCUT2D eigenvalue weighted by Crippen LogP contribution is 2.20. The highest BCUT2D eigenvalue weighted by atomic mass is 16.5. The summed E-state index contributed by atoms with van der Waals surface area (Å²) in [5, 5.41) is 11.0. The van der Waals surface area contributed by atoms with Crippen LogP contribution in [0.1, 0.15) is 19.3 Å². The number of rotatable bonds is 5. The Balaban J connectivity index is 2.43. The molecule has 6 heteroatoms. The van der Waals surface area contributed by atoms with Crippen LogP contribution in [0.15, 0.2) is 12.3 Å². The van der Waals surface area contributed by atoms with E-state index in [0.29, 0.717) is 6.41 Å². The first-order valence-electron chi connectivity index (χ1n) is 5.58. The Bertz CT molecular complexity index is 293. The van der Waals surface area contributed by atoms with E-state index >= 15 is 0 Å². The summed E-state index contributed by atoms with van der Waals surface area (Å²) >= 11 is 0. The van der Waals surface area contributed by atoms with Gasteiger partial charge in [-0.1, -0.05) is 0 Å². The number of aliphatic hydroxyl groups excluding tert-OH is 1. The maximum Gasteiger partial charge on any atom is 0.251 e. The van der Waals surface area contributed by atoms with Crippen LogP contribution in [0.4, 0.5) is 0 Å². The molecule has 17 heavy (non-hydrogen) atoms. The van der Waals surface area contributed by atoms with Crippen molar-refractivity contribution in [2.45, 2.75) is 31.6 Å². The molecular weight excluding hydrogens is 224 g/mol. The van der Waals surface area contributed by atoms with Gasteiger partial charge < -0.3 is 14.7 Å². The van der Waals surface area contributed by atoms with Crippen molar-refractivity contribution < 1.29 is 19.4 Å². The average molecular weight is 242 g/mol. The van der Waals surface area contributed by atoms with Crippen LogP contribution in [0.25, 0.3) is 0 Å². The van der Waals surface area contributed by atoms with Gasteiger partial charge in [0.25, 0.3) is 5.91 Å². The van der Waals surface area contributed by atoms with Gasteiger partial charge in [-0.15, -0.1) is 0 Å². The Hall–Kier alpha value is -1.40. The molecule has 1 fully saturated rings. The highest BCUT2D eigenvalue weighted by Gasteiger charge is 2.23. The monoisotopic (exact) mass is 242 g/mol. The molecule has 0 saturated carbocycles. The van der Waals surface area contributed by atoms with E-state index in [1.807, 2.05) is 5.32 Å². The number of nitrogens with one attached hydrogen (secondary N) is 1. The van der Waals surface area contributed by atoms with Crippen molar-refractivity contribution >= 4 is 12.3 Å². The maximum absolute atomic E-state index is 11.0. The molecule has 6 nitrogen and oxygen atoms in total. The second kappa shape index (κ2) is 7.03. The maximum atomic E-state index is 11.0. The van der Waals surface area contributed by atoms with E-state index in [1.165, 1.54) is 6.08 Å². The molecule has 0 bridgehead atoms. The molecule has 0 aromatic rings. The van der Waals surface area contributed by atoms with E-state index < -0.39 is 5.91 Å². The van der Waals surface area contributed by atoms with Crippen LogP contribution < -0.4 is 5.32 Å². The van der Waals surface area contributed by atoms with Crippen molar-refractivity contribution in [1.29, 1.82) is 0 Å². The van der Waals surface area contributed by atoms with Gasteiger partial charge in [0, 0.05) is 19.3 Å². The van der Waals surface area contributed by atoms with Crippen LogP contribution in [-0.2, 0) is 14.3 Å². The summed E-state index contributed by atoms with van der Waals surface area (Å²) in [6.07, 6.45) is 5.58. The number of ether oxygens (including phenoxy) is 1. The average Bonchev–Trinajstić information content (AvgIpc) is 2.36. The molecule has 0 aromatic carbocycles. The van der Waals surface area contributed by atoms with Crippen molar-refractivity contribution in [2.75, 3.05) is 13.7 Å². The Morgan fingerprint density at radius 1 is 1.59 bits per heavy atom. The van der Waals surface area contributed by atoms with Crippen LogP contribution in [-0.4, -0.2) is 48.3 Å². The smallest absolute Gasteiger partial charge is 0.251 e. The van der Waals surface area contributed by atoms with Gasteiger partial charge in [0.15, 0.2) is 0 Å². The Morgan fingerprint density at radius 2 is 2.35 bits per heavy atom. The van der Waals surface area contributed by atoms with Gasteiger partial charge in [-0.2, -0.15) is 0 Å². The minimum atomic E-state index is -0.471. The van der Waals surface area contributed by atoms with Gasteiger partial charge in [-0.3, -0.25) is 14.9 Å². The third-order valence-corrected chi connectivity index (χ3v) is 2.65. The zero-order chi connectivity index (χ0) is 12.7. The molecule has 96 valence electrons. The minimum absolute atomic E-state index is 0.0136. The second-order valence-electron chi connectivity index (χ2n) is 3.93. The summed E-state index contributed by atoms with van der Waals surface area (Å²) in [5.41, 5.74) is 0. The molecule has 1 aliphatic heterocycles. The SMILES string of the molecule is CN(/C=C\C(=O)NC=O)C1CCCC(CO)O1. The Kier molecular flexibility index (Phi) is 5.65. The predicted octanol–water partition coefficient (Wildman–Crippen LogP) is -0.408. The third-order valence-electron chi connectivity index (χ3n) is 2.65. The number of aliphatic hydroxyl groups is 1. The van der Waals surface area contributed by atoms with Crippen LogP contribution in [0.5, 0.6) is 0 Å². The number of imide groups is 1. The van der Waals surface area contributed by atoms with E-state index in [4.69, 9.17) is 9.84 Å². The summed E-state index contributed by atoms with van der Waals surface area (Å²) in [6, 6.07) is 0. The molecular formula is C11H18N2O4. The fourth-order valence-electron chi connectivity index (χ4n) is 1.70. The summed E-state index contributed by atoms with van der Waals surface area (Å²) in [5.74, 6) is -0.471. The van der Waals surface area contributed by atoms with E-state index in [0.717, 1.165) is 19.3 Å². The molecule has 1 heterocycles. The molecule has 2 N–H and O–H groups in total. The van der Waals surface area contributed by atoms with Gasteiger partial charge in [-0.05, 0) is 19.3 Å². The van der Waals surface area contributed by atoms with E-state index in [-0.39, 0.29) is 18.9 Å². The summed E-state index contributed by atoms with van der Waals surface area (Å²) in [6.45, 7) is 0.0136. The zero-order valence-electron chi connectivity index (χ0n) is 9.83. The lowest BCUT2D eigenvalue weighted by Crippen LogP contribution is -2.38. The van der Waals surface area contributed by atoms with E-state index in [1.54, 1.807) is 18.1 Å². The lowest BCUT2D eigenvalue weighted by atomic mass is 10.1. The number of amides is 2. The first-order valence-corrected chi connectivity index (χ1v) is 5.58. The Morgan fingerprint density at radius 3 is 3.00 bits per heavy atom. The fourth-order valence-corrected chi connectivity index (χ4v) is 1.70. The summed E-state index contributed by atoms with van der Waals surface area (Å²) in [4.78, 5) is 22.8. The van der Waals surface area contributed by atoms with Crippen LogP contribution in [0.2, 0.25) is 0 Å². The molecule has 1 rings (SSSR count). The van der Waals surface area contributed by atoms with Crippen molar-refractivity contribution in [2.24, 2.45) is 0 Å². The molecule has 0 aromatic heterocycles. The van der Waals surface area contributed by atoms with Crippen LogP contribution >= 0.6 is 0 Å². The topological polar surface area (TPSA) is 78.9 Å². The minimum Gasteiger partial charge on any atom is -0.394 e. The second-order valence-corrected chi connectivity index (χ2v) is 3.93. The molecule has 1 aliphatic rings. The lowest BCUT2D eigenvalue weighted by Gasteiger charge is -2.34. The standard InChI is InChI=1S/C11H18N2O4/c1-13(6-5-10(16)12-8-15)11-4-2-3-9(7-14)17-11/h5-6,8-9,11,14H,2-4,7H2,1H3,(H,12,15,16)/b6-5-. The molecule has 0 aliphatic carbocycles. The quantitative estimate of drug-likeness (QED) is 0.506. The van der Waals surface area contributed by atoms with Crippen molar-refractivity contribution in [3.63, 3.8) is 0 Å². The van der Waals surface area contributed by atoms with E-state index in [2.05, 4.69) is 0 Å². The number of hydrogen-bond acceptors (Lipinski definition) is 5. The fraction of sp³-hybridized carbons (Fsp3) is 0.636.